The fourth-order valence-electron chi connectivity index (χ4n) is 1.68. The van der Waals surface area contributed by atoms with Gasteiger partial charge in [-0.25, -0.2) is 0 Å². The van der Waals surface area contributed by atoms with Gasteiger partial charge in [0.25, 0.3) is 0 Å². The van der Waals surface area contributed by atoms with Crippen molar-refractivity contribution in [3.8, 4) is 5.75 Å². The third kappa shape index (κ3) is 2.98. The van der Waals surface area contributed by atoms with E-state index in [1.807, 2.05) is 0 Å². The van der Waals surface area contributed by atoms with Gasteiger partial charge in [0.2, 0.25) is 11.8 Å². The zero-order valence-corrected chi connectivity index (χ0v) is 10.0. The molecule has 0 aromatic heterocycles. The molecular formula is C12H15N3O3. The Morgan fingerprint density at radius 1 is 1.50 bits per heavy atom. The number of amides is 2. The number of hydrogen-bond acceptors (Lipinski definition) is 4. The molecule has 6 heteroatoms. The monoisotopic (exact) mass is 249 g/mol. The van der Waals surface area contributed by atoms with Gasteiger partial charge in [0.15, 0.2) is 0 Å². The first-order valence-electron chi connectivity index (χ1n) is 5.64. The number of carbonyl (C=O) groups is 2. The van der Waals surface area contributed by atoms with Crippen molar-refractivity contribution in [2.45, 2.75) is 6.04 Å². The van der Waals surface area contributed by atoms with Crippen molar-refractivity contribution in [1.29, 1.82) is 0 Å². The van der Waals surface area contributed by atoms with Crippen molar-refractivity contribution < 1.29 is 14.3 Å². The Balaban J connectivity index is 1.96. The van der Waals surface area contributed by atoms with Gasteiger partial charge in [-0.2, -0.15) is 0 Å². The van der Waals surface area contributed by atoms with Gasteiger partial charge >= 0.3 is 0 Å². The topological polar surface area (TPSA) is 79.5 Å². The van der Waals surface area contributed by atoms with Crippen molar-refractivity contribution >= 4 is 17.5 Å². The number of carbonyl (C=O) groups excluding carboxylic acids is 2. The van der Waals surface area contributed by atoms with Crippen LogP contribution in [0.3, 0.4) is 0 Å². The number of rotatable bonds is 3. The Morgan fingerprint density at radius 2 is 2.33 bits per heavy atom. The van der Waals surface area contributed by atoms with Gasteiger partial charge in [-0.3, -0.25) is 14.9 Å². The third-order valence-corrected chi connectivity index (χ3v) is 2.67. The zero-order valence-electron chi connectivity index (χ0n) is 10.0. The molecule has 0 aliphatic carbocycles. The molecule has 1 aromatic rings. The lowest BCUT2D eigenvalue weighted by Gasteiger charge is -2.23. The molecule has 1 atom stereocenters. The van der Waals surface area contributed by atoms with Gasteiger partial charge in [-0.15, -0.1) is 0 Å². The molecule has 1 unspecified atom stereocenters. The second-order valence-electron chi connectivity index (χ2n) is 3.96. The summed E-state index contributed by atoms with van der Waals surface area (Å²) < 4.78 is 5.07. The summed E-state index contributed by atoms with van der Waals surface area (Å²) in [6.07, 6.45) is 0. The molecule has 2 rings (SSSR count). The molecule has 18 heavy (non-hydrogen) atoms. The predicted octanol–water partition coefficient (Wildman–Crippen LogP) is -0.278. The number of piperazine rings is 1. The predicted molar refractivity (Wildman–Crippen MR) is 66.4 cm³/mol. The minimum atomic E-state index is -0.408. The standard InChI is InChI=1S/C12H15N3O3/c1-18-9-4-2-3-8(5-9)15-12(17)10-6-14-11(16)7-13-10/h2-5,10,13H,6-7H2,1H3,(H,14,16)(H,15,17). The van der Waals surface area contributed by atoms with Gasteiger partial charge in [0.1, 0.15) is 11.8 Å². The van der Waals surface area contributed by atoms with Gasteiger partial charge in [-0.1, -0.05) is 6.07 Å². The molecule has 96 valence electrons. The van der Waals surface area contributed by atoms with E-state index in [0.717, 1.165) is 0 Å². The van der Waals surface area contributed by atoms with Crippen molar-refractivity contribution in [2.24, 2.45) is 0 Å². The molecule has 0 bridgehead atoms. The molecule has 0 radical (unpaired) electrons. The Bertz CT molecular complexity index is 452. The molecule has 1 heterocycles. The smallest absolute Gasteiger partial charge is 0.243 e. The minimum Gasteiger partial charge on any atom is -0.497 e. The molecule has 6 nitrogen and oxygen atoms in total. The number of hydrogen-bond donors (Lipinski definition) is 3. The average molecular weight is 249 g/mol. The van der Waals surface area contributed by atoms with E-state index in [4.69, 9.17) is 4.74 Å². The van der Waals surface area contributed by atoms with E-state index < -0.39 is 6.04 Å². The lowest BCUT2D eigenvalue weighted by atomic mass is 10.2. The van der Waals surface area contributed by atoms with Gasteiger partial charge < -0.3 is 15.4 Å². The highest BCUT2D eigenvalue weighted by Gasteiger charge is 2.23. The van der Waals surface area contributed by atoms with Crippen LogP contribution in [0.5, 0.6) is 5.75 Å². The zero-order chi connectivity index (χ0) is 13.0. The van der Waals surface area contributed by atoms with Crippen LogP contribution >= 0.6 is 0 Å². The molecule has 2 amide bonds. The summed E-state index contributed by atoms with van der Waals surface area (Å²) in [6.45, 7) is 0.463. The second-order valence-corrected chi connectivity index (χ2v) is 3.96. The van der Waals surface area contributed by atoms with Crippen LogP contribution in [-0.2, 0) is 9.59 Å². The highest BCUT2D eigenvalue weighted by Crippen LogP contribution is 2.16. The SMILES string of the molecule is COc1cccc(NC(=O)C2CNC(=O)CN2)c1. The first kappa shape index (κ1) is 12.4. The summed E-state index contributed by atoms with van der Waals surface area (Å²) in [5.41, 5.74) is 0.665. The van der Waals surface area contributed by atoms with Crippen LogP contribution in [-0.4, -0.2) is 38.1 Å². The summed E-state index contributed by atoms with van der Waals surface area (Å²) in [4.78, 5) is 22.9. The van der Waals surface area contributed by atoms with Crippen LogP contribution in [0.1, 0.15) is 0 Å². The minimum absolute atomic E-state index is 0.0968. The van der Waals surface area contributed by atoms with Gasteiger partial charge in [0, 0.05) is 18.3 Å². The number of nitrogens with one attached hydrogen (secondary N) is 3. The maximum atomic E-state index is 11.9. The number of benzene rings is 1. The molecule has 0 saturated carbocycles. The molecule has 1 aliphatic heterocycles. The van der Waals surface area contributed by atoms with Crippen LogP contribution in [0.4, 0.5) is 5.69 Å². The van der Waals surface area contributed by atoms with E-state index >= 15 is 0 Å². The van der Waals surface area contributed by atoms with Gasteiger partial charge in [-0.05, 0) is 12.1 Å². The molecule has 1 fully saturated rings. The summed E-state index contributed by atoms with van der Waals surface area (Å²) >= 11 is 0. The maximum Gasteiger partial charge on any atom is 0.243 e. The average Bonchev–Trinajstić information content (AvgIpc) is 2.39. The normalized spacial score (nSPS) is 18.9. The summed E-state index contributed by atoms with van der Waals surface area (Å²) in [7, 11) is 1.57. The first-order chi connectivity index (χ1) is 8.69. The quantitative estimate of drug-likeness (QED) is 0.688. The maximum absolute atomic E-state index is 11.9. The van der Waals surface area contributed by atoms with Crippen LogP contribution in [0, 0.1) is 0 Å². The van der Waals surface area contributed by atoms with E-state index in [2.05, 4.69) is 16.0 Å². The number of anilines is 1. The molecule has 1 aromatic carbocycles. The Kier molecular flexibility index (Phi) is 3.78. The molecule has 1 aliphatic rings. The van der Waals surface area contributed by atoms with E-state index in [1.54, 1.807) is 31.4 Å². The largest absolute Gasteiger partial charge is 0.497 e. The molecule has 3 N–H and O–H groups in total. The van der Waals surface area contributed by atoms with E-state index in [0.29, 0.717) is 18.0 Å². The van der Waals surface area contributed by atoms with Crippen LogP contribution < -0.4 is 20.7 Å². The van der Waals surface area contributed by atoms with Crippen molar-refractivity contribution in [2.75, 3.05) is 25.5 Å². The van der Waals surface area contributed by atoms with Crippen LogP contribution in [0.15, 0.2) is 24.3 Å². The molecular weight excluding hydrogens is 234 g/mol. The van der Waals surface area contributed by atoms with E-state index in [1.165, 1.54) is 0 Å². The van der Waals surface area contributed by atoms with Crippen molar-refractivity contribution in [1.82, 2.24) is 10.6 Å². The Morgan fingerprint density at radius 3 is 3.00 bits per heavy atom. The highest BCUT2D eigenvalue weighted by atomic mass is 16.5. The number of ether oxygens (including phenoxy) is 1. The first-order valence-corrected chi connectivity index (χ1v) is 5.64. The van der Waals surface area contributed by atoms with E-state index in [-0.39, 0.29) is 18.4 Å². The van der Waals surface area contributed by atoms with Crippen molar-refractivity contribution in [3.63, 3.8) is 0 Å². The lowest BCUT2D eigenvalue weighted by molar-refractivity contribution is -0.124. The highest BCUT2D eigenvalue weighted by molar-refractivity contribution is 5.96. The Labute approximate surface area is 105 Å². The fraction of sp³-hybridized carbons (Fsp3) is 0.333. The van der Waals surface area contributed by atoms with Crippen LogP contribution in [0.2, 0.25) is 0 Å². The fourth-order valence-corrected chi connectivity index (χ4v) is 1.68. The van der Waals surface area contributed by atoms with Crippen molar-refractivity contribution in [3.05, 3.63) is 24.3 Å². The lowest BCUT2D eigenvalue weighted by Crippen LogP contribution is -2.56. The number of methoxy groups -OCH3 is 1. The second kappa shape index (κ2) is 5.50. The molecule has 1 saturated heterocycles. The van der Waals surface area contributed by atoms with Crippen LogP contribution in [0.25, 0.3) is 0 Å². The summed E-state index contributed by atoms with van der Waals surface area (Å²) in [5, 5.41) is 8.26. The third-order valence-electron chi connectivity index (χ3n) is 2.67. The summed E-state index contributed by atoms with van der Waals surface area (Å²) in [6, 6.07) is 6.70. The summed E-state index contributed by atoms with van der Waals surface area (Å²) in [5.74, 6) is 0.404. The molecule has 0 spiro atoms. The van der Waals surface area contributed by atoms with Gasteiger partial charge in [0.05, 0.1) is 13.7 Å². The Hall–Kier alpha value is -2.08. The van der Waals surface area contributed by atoms with E-state index in [9.17, 15) is 9.59 Å².